The first-order valence-electron chi connectivity index (χ1n) is 7.33. The maximum Gasteiger partial charge on any atom is 0.209 e. The van der Waals surface area contributed by atoms with Crippen molar-refractivity contribution in [3.05, 3.63) is 83.4 Å². The van der Waals surface area contributed by atoms with Crippen LogP contribution >= 0.6 is 0 Å². The van der Waals surface area contributed by atoms with Crippen LogP contribution in [0, 0.1) is 6.07 Å². The molecule has 0 amide bonds. The monoisotopic (exact) mass is 305 g/mol. The normalized spacial score (nSPS) is 10.5. The Morgan fingerprint density at radius 3 is 2.61 bits per heavy atom. The van der Waals surface area contributed by atoms with Crippen molar-refractivity contribution in [3.8, 4) is 5.75 Å². The summed E-state index contributed by atoms with van der Waals surface area (Å²) in [4.78, 5) is 16.9. The molecule has 115 valence electrons. The molecular formula is C19H17N2O2. The molecule has 3 rings (SSSR count). The van der Waals surface area contributed by atoms with Gasteiger partial charge in [0.05, 0.1) is 12.8 Å². The van der Waals surface area contributed by atoms with Crippen LogP contribution in [0.1, 0.15) is 27.4 Å². The minimum Gasteiger partial charge on any atom is -0.497 e. The van der Waals surface area contributed by atoms with Crippen LogP contribution in [0.2, 0.25) is 0 Å². The zero-order chi connectivity index (χ0) is 16.2. The average molecular weight is 305 g/mol. The number of aromatic nitrogens is 2. The van der Waals surface area contributed by atoms with Crippen molar-refractivity contribution in [2.75, 3.05) is 7.11 Å². The molecule has 0 N–H and O–H groups in total. The van der Waals surface area contributed by atoms with E-state index in [0.29, 0.717) is 17.7 Å². The molecule has 2 heterocycles. The number of benzene rings is 1. The maximum absolute atomic E-state index is 12.7. The minimum atomic E-state index is -0.00393. The highest BCUT2D eigenvalue weighted by Crippen LogP contribution is 2.18. The molecule has 0 aliphatic heterocycles. The summed E-state index contributed by atoms with van der Waals surface area (Å²) < 4.78 is 7.04. The summed E-state index contributed by atoms with van der Waals surface area (Å²) in [5, 5.41) is 0. The van der Waals surface area contributed by atoms with E-state index in [-0.39, 0.29) is 5.78 Å². The van der Waals surface area contributed by atoms with Gasteiger partial charge in [-0.1, -0.05) is 6.07 Å². The molecule has 0 saturated heterocycles. The SMILES string of the molecule is COc1ccc(C(=O)c2ccc(Cc3cc[c]cn3)n2C)cc1. The van der Waals surface area contributed by atoms with Crippen molar-refractivity contribution >= 4 is 5.78 Å². The van der Waals surface area contributed by atoms with Gasteiger partial charge in [-0.2, -0.15) is 0 Å². The predicted molar refractivity (Wildman–Crippen MR) is 87.7 cm³/mol. The lowest BCUT2D eigenvalue weighted by molar-refractivity contribution is 0.103. The third-order valence-electron chi connectivity index (χ3n) is 3.85. The van der Waals surface area contributed by atoms with Gasteiger partial charge in [0, 0.05) is 42.7 Å². The molecule has 0 aliphatic carbocycles. The highest BCUT2D eigenvalue weighted by Gasteiger charge is 2.15. The topological polar surface area (TPSA) is 44.1 Å². The Hall–Kier alpha value is -2.88. The second kappa shape index (κ2) is 6.48. The van der Waals surface area contributed by atoms with E-state index in [1.807, 2.05) is 35.9 Å². The van der Waals surface area contributed by atoms with Crippen molar-refractivity contribution in [2.45, 2.75) is 6.42 Å². The lowest BCUT2D eigenvalue weighted by Gasteiger charge is -2.08. The van der Waals surface area contributed by atoms with Gasteiger partial charge in [-0.05, 0) is 42.5 Å². The molecule has 0 fully saturated rings. The molecule has 4 heteroatoms. The first kappa shape index (κ1) is 15.0. The summed E-state index contributed by atoms with van der Waals surface area (Å²) in [5.74, 6) is 0.733. The summed E-state index contributed by atoms with van der Waals surface area (Å²) in [5.41, 5.74) is 3.30. The number of hydrogen-bond donors (Lipinski definition) is 0. The fraction of sp³-hybridized carbons (Fsp3) is 0.158. The molecule has 2 aromatic heterocycles. The van der Waals surface area contributed by atoms with Crippen LogP contribution in [-0.2, 0) is 13.5 Å². The minimum absolute atomic E-state index is 0.00393. The first-order chi connectivity index (χ1) is 11.2. The molecule has 0 unspecified atom stereocenters. The Kier molecular flexibility index (Phi) is 4.24. The van der Waals surface area contributed by atoms with E-state index in [1.165, 1.54) is 0 Å². The van der Waals surface area contributed by atoms with Crippen molar-refractivity contribution in [1.29, 1.82) is 0 Å². The lowest BCUT2D eigenvalue weighted by Crippen LogP contribution is -2.09. The van der Waals surface area contributed by atoms with E-state index in [4.69, 9.17) is 4.74 Å². The van der Waals surface area contributed by atoms with Crippen LogP contribution < -0.4 is 4.74 Å². The Morgan fingerprint density at radius 1 is 1.17 bits per heavy atom. The predicted octanol–water partition coefficient (Wildman–Crippen LogP) is 3.05. The number of nitrogens with zero attached hydrogens (tertiary/aromatic N) is 2. The van der Waals surface area contributed by atoms with E-state index in [2.05, 4.69) is 11.1 Å². The fourth-order valence-corrected chi connectivity index (χ4v) is 2.49. The van der Waals surface area contributed by atoms with Crippen molar-refractivity contribution in [3.63, 3.8) is 0 Å². The van der Waals surface area contributed by atoms with Gasteiger partial charge in [-0.25, -0.2) is 0 Å². The molecule has 0 saturated carbocycles. The third kappa shape index (κ3) is 3.16. The Morgan fingerprint density at radius 2 is 1.96 bits per heavy atom. The number of ketones is 1. The number of methoxy groups -OCH3 is 1. The van der Waals surface area contributed by atoms with Crippen LogP contribution in [0.15, 0.2) is 54.7 Å². The van der Waals surface area contributed by atoms with Gasteiger partial charge in [0.15, 0.2) is 0 Å². The maximum atomic E-state index is 12.7. The Bertz CT molecular complexity index is 805. The zero-order valence-corrected chi connectivity index (χ0v) is 13.1. The number of carbonyl (C=O) groups is 1. The van der Waals surface area contributed by atoms with E-state index in [1.54, 1.807) is 37.6 Å². The van der Waals surface area contributed by atoms with Gasteiger partial charge >= 0.3 is 0 Å². The molecule has 4 nitrogen and oxygen atoms in total. The summed E-state index contributed by atoms with van der Waals surface area (Å²) in [6, 6.07) is 17.6. The zero-order valence-electron chi connectivity index (χ0n) is 13.1. The molecule has 23 heavy (non-hydrogen) atoms. The highest BCUT2D eigenvalue weighted by atomic mass is 16.5. The Labute approximate surface area is 135 Å². The van der Waals surface area contributed by atoms with Crippen LogP contribution in [0.25, 0.3) is 0 Å². The van der Waals surface area contributed by atoms with E-state index < -0.39 is 0 Å². The van der Waals surface area contributed by atoms with Crippen molar-refractivity contribution < 1.29 is 9.53 Å². The standard InChI is InChI=1S/C19H17N2O2/c1-21-16(13-15-5-3-4-12-20-15)8-11-18(21)19(22)14-6-9-17(23-2)10-7-14/h3,5-12H,13H2,1-2H3. The fourth-order valence-electron chi connectivity index (χ4n) is 2.49. The van der Waals surface area contributed by atoms with Crippen LogP contribution in [0.3, 0.4) is 0 Å². The summed E-state index contributed by atoms with van der Waals surface area (Å²) in [7, 11) is 3.51. The van der Waals surface area contributed by atoms with Gasteiger partial charge in [0.1, 0.15) is 5.75 Å². The third-order valence-corrected chi connectivity index (χ3v) is 3.85. The van der Waals surface area contributed by atoms with Crippen LogP contribution in [0.4, 0.5) is 0 Å². The number of ether oxygens (including phenoxy) is 1. The second-order valence-corrected chi connectivity index (χ2v) is 5.25. The molecule has 0 atom stereocenters. The first-order valence-corrected chi connectivity index (χ1v) is 7.33. The van der Waals surface area contributed by atoms with Gasteiger partial charge < -0.3 is 9.30 Å². The molecule has 1 radical (unpaired) electrons. The van der Waals surface area contributed by atoms with E-state index >= 15 is 0 Å². The lowest BCUT2D eigenvalue weighted by atomic mass is 10.1. The molecular weight excluding hydrogens is 288 g/mol. The molecule has 0 bridgehead atoms. The van der Waals surface area contributed by atoms with Gasteiger partial charge in [-0.3, -0.25) is 9.78 Å². The summed E-state index contributed by atoms with van der Waals surface area (Å²) >= 11 is 0. The quantitative estimate of drug-likeness (QED) is 0.681. The van der Waals surface area contributed by atoms with Crippen molar-refractivity contribution in [1.82, 2.24) is 9.55 Å². The molecule has 3 aromatic rings. The molecule has 0 spiro atoms. The second-order valence-electron chi connectivity index (χ2n) is 5.25. The summed E-state index contributed by atoms with van der Waals surface area (Å²) in [6.45, 7) is 0. The van der Waals surface area contributed by atoms with E-state index in [0.717, 1.165) is 17.1 Å². The number of pyridine rings is 1. The smallest absolute Gasteiger partial charge is 0.209 e. The summed E-state index contributed by atoms with van der Waals surface area (Å²) in [6.07, 6.45) is 2.34. The number of hydrogen-bond acceptors (Lipinski definition) is 3. The van der Waals surface area contributed by atoms with Crippen LogP contribution in [-0.4, -0.2) is 22.4 Å². The van der Waals surface area contributed by atoms with Crippen LogP contribution in [0.5, 0.6) is 5.75 Å². The largest absolute Gasteiger partial charge is 0.497 e. The molecule has 1 aromatic carbocycles. The molecule has 0 aliphatic rings. The Balaban J connectivity index is 1.84. The highest BCUT2D eigenvalue weighted by molar-refractivity contribution is 6.08. The van der Waals surface area contributed by atoms with Gasteiger partial charge in [-0.15, -0.1) is 0 Å². The van der Waals surface area contributed by atoms with Crippen molar-refractivity contribution in [2.24, 2.45) is 7.05 Å². The van der Waals surface area contributed by atoms with Gasteiger partial charge in [0.25, 0.3) is 0 Å². The number of rotatable bonds is 5. The van der Waals surface area contributed by atoms with Gasteiger partial charge in [0.2, 0.25) is 5.78 Å². The average Bonchev–Trinajstić information content (AvgIpc) is 2.96. The number of carbonyl (C=O) groups excluding carboxylic acids is 1. The van der Waals surface area contributed by atoms with E-state index in [9.17, 15) is 4.79 Å².